The number of hydrogen-bond donors (Lipinski definition) is 0. The molecule has 0 N–H and O–H groups in total. The number of thioether (sulfide) groups is 1. The maximum atomic E-state index is 11.9. The summed E-state index contributed by atoms with van der Waals surface area (Å²) in [7, 11) is 0. The van der Waals surface area contributed by atoms with Crippen molar-refractivity contribution in [1.82, 2.24) is 14.9 Å². The first-order valence-electron chi connectivity index (χ1n) is 5.95. The Hall–Kier alpha value is -1.56. The van der Waals surface area contributed by atoms with Gasteiger partial charge in [-0.2, -0.15) is 4.98 Å². The molecule has 1 saturated heterocycles. The molecule has 0 unspecified atom stereocenters. The van der Waals surface area contributed by atoms with E-state index in [9.17, 15) is 4.79 Å². The van der Waals surface area contributed by atoms with E-state index in [0.717, 1.165) is 25.9 Å². The number of pyridine rings is 1. The lowest BCUT2D eigenvalue weighted by atomic mass is 10.4. The number of carbonyl (C=O) groups excluding carboxylic acids is 1. The highest BCUT2D eigenvalue weighted by atomic mass is 32.2. The quantitative estimate of drug-likeness (QED) is 0.792. The number of amides is 1. The molecule has 18 heavy (non-hydrogen) atoms. The van der Waals surface area contributed by atoms with Crippen molar-refractivity contribution in [3.8, 4) is 0 Å². The SMILES string of the molecule is O=C(CSc1nc2ncccc2o1)N1CCCC1. The van der Waals surface area contributed by atoms with E-state index in [1.165, 1.54) is 11.8 Å². The van der Waals surface area contributed by atoms with Crippen LogP contribution >= 0.6 is 11.8 Å². The number of likely N-dealkylation sites (tertiary alicyclic amines) is 1. The van der Waals surface area contributed by atoms with Gasteiger partial charge >= 0.3 is 0 Å². The number of nitrogens with zero attached hydrogens (tertiary/aromatic N) is 3. The van der Waals surface area contributed by atoms with Gasteiger partial charge in [0.05, 0.1) is 5.75 Å². The Labute approximate surface area is 109 Å². The average molecular weight is 263 g/mol. The molecule has 0 atom stereocenters. The Morgan fingerprint density at radius 3 is 3.06 bits per heavy atom. The molecule has 1 aliphatic heterocycles. The largest absolute Gasteiger partial charge is 0.430 e. The highest BCUT2D eigenvalue weighted by molar-refractivity contribution is 7.99. The maximum Gasteiger partial charge on any atom is 0.258 e. The van der Waals surface area contributed by atoms with Gasteiger partial charge in [-0.3, -0.25) is 4.79 Å². The number of hydrogen-bond acceptors (Lipinski definition) is 5. The van der Waals surface area contributed by atoms with Crippen LogP contribution in [0.2, 0.25) is 0 Å². The van der Waals surface area contributed by atoms with Crippen LogP contribution in [0.4, 0.5) is 0 Å². The summed E-state index contributed by atoms with van der Waals surface area (Å²) in [5, 5.41) is 0.510. The summed E-state index contributed by atoms with van der Waals surface area (Å²) in [6.45, 7) is 1.77. The minimum absolute atomic E-state index is 0.160. The van der Waals surface area contributed by atoms with Gasteiger partial charge in [-0.05, 0) is 25.0 Å². The van der Waals surface area contributed by atoms with Crippen LogP contribution in [0.1, 0.15) is 12.8 Å². The molecule has 1 amide bonds. The van der Waals surface area contributed by atoms with Crippen LogP contribution in [0.25, 0.3) is 11.2 Å². The molecular weight excluding hydrogens is 250 g/mol. The van der Waals surface area contributed by atoms with E-state index in [4.69, 9.17) is 4.42 Å². The molecule has 94 valence electrons. The Kier molecular flexibility index (Phi) is 3.19. The zero-order valence-corrected chi connectivity index (χ0v) is 10.7. The first-order chi connectivity index (χ1) is 8.83. The first kappa shape index (κ1) is 11.5. The van der Waals surface area contributed by atoms with E-state index in [0.29, 0.717) is 22.2 Å². The van der Waals surface area contributed by atoms with E-state index in [1.807, 2.05) is 11.0 Å². The summed E-state index contributed by atoms with van der Waals surface area (Å²) in [5.41, 5.74) is 1.25. The van der Waals surface area contributed by atoms with Crippen LogP contribution in [-0.2, 0) is 4.79 Å². The predicted molar refractivity (Wildman–Crippen MR) is 68.3 cm³/mol. The van der Waals surface area contributed by atoms with Crippen LogP contribution in [0, 0.1) is 0 Å². The molecule has 3 rings (SSSR count). The standard InChI is InChI=1S/C12H13N3O2S/c16-10(15-6-1-2-7-15)8-18-12-14-11-9(17-12)4-3-5-13-11/h3-5H,1-2,6-8H2. The van der Waals surface area contributed by atoms with E-state index < -0.39 is 0 Å². The number of rotatable bonds is 3. The van der Waals surface area contributed by atoms with Gasteiger partial charge in [0.25, 0.3) is 5.22 Å². The number of fused-ring (bicyclic) bond motifs is 1. The van der Waals surface area contributed by atoms with Gasteiger partial charge in [-0.15, -0.1) is 0 Å². The van der Waals surface area contributed by atoms with Crippen LogP contribution < -0.4 is 0 Å². The van der Waals surface area contributed by atoms with Gasteiger partial charge in [0, 0.05) is 19.3 Å². The Morgan fingerprint density at radius 1 is 1.44 bits per heavy atom. The van der Waals surface area contributed by atoms with Crippen molar-refractivity contribution in [3.63, 3.8) is 0 Å². The monoisotopic (exact) mass is 263 g/mol. The maximum absolute atomic E-state index is 11.9. The van der Waals surface area contributed by atoms with Gasteiger partial charge in [-0.25, -0.2) is 4.98 Å². The molecule has 3 heterocycles. The molecule has 0 aliphatic carbocycles. The number of aromatic nitrogens is 2. The molecule has 1 aliphatic rings. The minimum Gasteiger partial charge on any atom is -0.430 e. The highest BCUT2D eigenvalue weighted by Gasteiger charge is 2.18. The third-order valence-corrected chi connectivity index (χ3v) is 3.74. The summed E-state index contributed by atoms with van der Waals surface area (Å²) < 4.78 is 5.50. The van der Waals surface area contributed by atoms with Crippen LogP contribution in [0.15, 0.2) is 28.0 Å². The fraction of sp³-hybridized carbons (Fsp3) is 0.417. The van der Waals surface area contributed by atoms with Crippen molar-refractivity contribution in [2.24, 2.45) is 0 Å². The lowest BCUT2D eigenvalue weighted by Crippen LogP contribution is -2.29. The Balaban J connectivity index is 1.63. The van der Waals surface area contributed by atoms with Gasteiger partial charge in [0.1, 0.15) is 0 Å². The molecule has 0 saturated carbocycles. The van der Waals surface area contributed by atoms with E-state index in [1.54, 1.807) is 12.3 Å². The molecule has 1 fully saturated rings. The molecule has 0 spiro atoms. The predicted octanol–water partition coefficient (Wildman–Crippen LogP) is 1.94. The molecule has 2 aromatic rings. The van der Waals surface area contributed by atoms with E-state index in [2.05, 4.69) is 9.97 Å². The van der Waals surface area contributed by atoms with E-state index in [-0.39, 0.29) is 5.91 Å². The second kappa shape index (κ2) is 4.97. The van der Waals surface area contributed by atoms with Crippen molar-refractivity contribution in [2.75, 3.05) is 18.8 Å². The van der Waals surface area contributed by atoms with Crippen molar-refractivity contribution >= 4 is 28.9 Å². The molecule has 0 bridgehead atoms. The average Bonchev–Trinajstić information content (AvgIpc) is 3.04. The fourth-order valence-corrected chi connectivity index (χ4v) is 2.72. The molecule has 6 heteroatoms. The van der Waals surface area contributed by atoms with Crippen LogP contribution in [-0.4, -0.2) is 39.6 Å². The van der Waals surface area contributed by atoms with Gasteiger partial charge < -0.3 is 9.32 Å². The first-order valence-corrected chi connectivity index (χ1v) is 6.93. The lowest BCUT2D eigenvalue weighted by Gasteiger charge is -2.13. The minimum atomic E-state index is 0.160. The number of oxazole rings is 1. The molecular formula is C12H13N3O2S. The second-order valence-corrected chi connectivity index (χ2v) is 5.11. The smallest absolute Gasteiger partial charge is 0.258 e. The van der Waals surface area contributed by atoms with Crippen LogP contribution in [0.3, 0.4) is 0 Å². The Bertz CT molecular complexity index is 530. The zero-order valence-electron chi connectivity index (χ0n) is 9.83. The highest BCUT2D eigenvalue weighted by Crippen LogP contribution is 2.22. The molecule has 0 radical (unpaired) electrons. The summed E-state index contributed by atoms with van der Waals surface area (Å²) in [6.07, 6.45) is 3.90. The Morgan fingerprint density at radius 2 is 2.28 bits per heavy atom. The van der Waals surface area contributed by atoms with Crippen molar-refractivity contribution in [3.05, 3.63) is 18.3 Å². The van der Waals surface area contributed by atoms with Gasteiger partial charge in [0.15, 0.2) is 11.2 Å². The van der Waals surface area contributed by atoms with Crippen LogP contribution in [0.5, 0.6) is 0 Å². The third kappa shape index (κ3) is 2.33. The van der Waals surface area contributed by atoms with Crippen molar-refractivity contribution in [1.29, 1.82) is 0 Å². The summed E-state index contributed by atoms with van der Waals surface area (Å²) in [6, 6.07) is 3.62. The normalized spacial score (nSPS) is 15.4. The lowest BCUT2D eigenvalue weighted by molar-refractivity contribution is -0.127. The van der Waals surface area contributed by atoms with Gasteiger partial charge in [0.2, 0.25) is 5.91 Å². The summed E-state index contributed by atoms with van der Waals surface area (Å²) >= 11 is 1.33. The molecule has 5 nitrogen and oxygen atoms in total. The topological polar surface area (TPSA) is 59.2 Å². The van der Waals surface area contributed by atoms with Crippen molar-refractivity contribution < 1.29 is 9.21 Å². The molecule has 2 aromatic heterocycles. The summed E-state index contributed by atoms with van der Waals surface area (Å²) in [4.78, 5) is 22.1. The number of carbonyl (C=O) groups is 1. The fourth-order valence-electron chi connectivity index (χ4n) is 1.99. The second-order valence-electron chi connectivity index (χ2n) is 4.18. The van der Waals surface area contributed by atoms with Crippen molar-refractivity contribution in [2.45, 2.75) is 18.1 Å². The third-order valence-electron chi connectivity index (χ3n) is 2.92. The zero-order chi connectivity index (χ0) is 12.4. The van der Waals surface area contributed by atoms with E-state index >= 15 is 0 Å². The van der Waals surface area contributed by atoms with Gasteiger partial charge in [-0.1, -0.05) is 11.8 Å². The molecule has 0 aromatic carbocycles. The summed E-state index contributed by atoms with van der Waals surface area (Å²) in [5.74, 6) is 0.542.